The van der Waals surface area contributed by atoms with E-state index >= 15 is 0 Å². The van der Waals surface area contributed by atoms with E-state index in [1.807, 2.05) is 19.9 Å². The molecule has 1 aromatic heterocycles. The van der Waals surface area contributed by atoms with Crippen molar-refractivity contribution in [3.63, 3.8) is 0 Å². The van der Waals surface area contributed by atoms with Gasteiger partial charge in [0.15, 0.2) is 0 Å². The van der Waals surface area contributed by atoms with E-state index in [9.17, 15) is 23.1 Å². The maximum absolute atomic E-state index is 14.2. The summed E-state index contributed by atoms with van der Waals surface area (Å²) < 4.78 is 49.4. The molecule has 1 aliphatic heterocycles. The third-order valence-electron chi connectivity index (χ3n) is 6.10. The summed E-state index contributed by atoms with van der Waals surface area (Å²) in [6.45, 7) is 6.50. The maximum Gasteiger partial charge on any atom is 0.341 e. The lowest BCUT2D eigenvalue weighted by Gasteiger charge is -2.25. The van der Waals surface area contributed by atoms with Crippen LogP contribution >= 0.6 is 0 Å². The summed E-state index contributed by atoms with van der Waals surface area (Å²) >= 11 is -2.68. The second-order valence-electron chi connectivity index (χ2n) is 8.11. The Hall–Kier alpha value is -3.47. The van der Waals surface area contributed by atoms with Crippen molar-refractivity contribution in [3.8, 4) is 16.9 Å². The van der Waals surface area contributed by atoms with Gasteiger partial charge in [0, 0.05) is 29.7 Å². The highest BCUT2D eigenvalue weighted by molar-refractivity contribution is 7.81. The summed E-state index contributed by atoms with van der Waals surface area (Å²) in [6.07, 6.45) is 5.47. The number of nitrogens with zero attached hydrogens (tertiary/aromatic N) is 2. The zero-order valence-corrected chi connectivity index (χ0v) is 20.8. The Morgan fingerprint density at radius 1 is 1.14 bits per heavy atom. The smallest absolute Gasteiger partial charge is 0.341 e. The van der Waals surface area contributed by atoms with Crippen molar-refractivity contribution in [1.82, 2.24) is 4.90 Å². The van der Waals surface area contributed by atoms with Gasteiger partial charge in [-0.3, -0.25) is 4.55 Å². The highest BCUT2D eigenvalue weighted by atomic mass is 32.2. The number of carbonyl (C=O) groups is 1. The number of likely N-dealkylation sites (N-methyl/N-ethyl adjacent to an activating group) is 1. The molecular formula is C26H27FN2O6S. The predicted octanol–water partition coefficient (Wildman–Crippen LogP) is 5.35. The second kappa shape index (κ2) is 11.1. The van der Waals surface area contributed by atoms with Crippen molar-refractivity contribution in [2.75, 3.05) is 30.5 Å². The van der Waals surface area contributed by atoms with Crippen LogP contribution < -0.4 is 9.04 Å². The molecule has 1 aliphatic rings. The van der Waals surface area contributed by atoms with Crippen LogP contribution in [0.3, 0.4) is 0 Å². The van der Waals surface area contributed by atoms with Gasteiger partial charge in [0.2, 0.25) is 0 Å². The molecule has 3 aromatic rings. The SMILES string of the molecule is CCN(CC)CC=Cc1cc(F)ccc1N(c1ccc2c(c1C(=O)O)OCCc1occc1-2)S(=O)O. The van der Waals surface area contributed by atoms with E-state index in [0.29, 0.717) is 35.4 Å². The number of aromatic carboxylic acids is 1. The minimum absolute atomic E-state index is 0.0565. The molecule has 1 unspecified atom stereocenters. The fourth-order valence-electron chi connectivity index (χ4n) is 4.28. The molecule has 0 saturated heterocycles. The summed E-state index contributed by atoms with van der Waals surface area (Å²) in [5.41, 5.74) is 1.39. The number of halogens is 1. The molecule has 0 bridgehead atoms. The standard InChI is InChI=1S/C26H27FN2O6S/c1-3-28(4-2)13-5-6-17-16-18(27)7-9-21(17)29(36(32)33)22-10-8-20-19-11-14-34-23(19)12-15-35-25(20)24(22)26(30)31/h5-11,14,16H,3-4,12-13,15H2,1-2H3,(H,30,31)(H,32,33). The minimum Gasteiger partial charge on any atom is -0.491 e. The first-order valence-electron chi connectivity index (χ1n) is 11.5. The van der Waals surface area contributed by atoms with E-state index < -0.39 is 23.1 Å². The maximum atomic E-state index is 14.2. The average molecular weight is 515 g/mol. The second-order valence-corrected chi connectivity index (χ2v) is 8.94. The third-order valence-corrected chi connectivity index (χ3v) is 6.81. The van der Waals surface area contributed by atoms with Gasteiger partial charge >= 0.3 is 5.97 Å². The molecule has 0 fully saturated rings. The van der Waals surface area contributed by atoms with Crippen molar-refractivity contribution in [2.24, 2.45) is 0 Å². The van der Waals surface area contributed by atoms with Gasteiger partial charge in [-0.15, -0.1) is 0 Å². The molecule has 4 rings (SSSR count). The molecular weight excluding hydrogens is 487 g/mol. The van der Waals surface area contributed by atoms with Crippen LogP contribution in [0.15, 0.2) is 53.2 Å². The zero-order chi connectivity index (χ0) is 25.8. The molecule has 0 radical (unpaired) electrons. The van der Waals surface area contributed by atoms with E-state index in [-0.39, 0.29) is 29.3 Å². The van der Waals surface area contributed by atoms with Crippen LogP contribution in [0.5, 0.6) is 5.75 Å². The van der Waals surface area contributed by atoms with Crippen LogP contribution in [0.4, 0.5) is 15.8 Å². The number of benzene rings is 2. The average Bonchev–Trinajstić information content (AvgIpc) is 3.24. The van der Waals surface area contributed by atoms with Gasteiger partial charge in [-0.2, -0.15) is 0 Å². The summed E-state index contributed by atoms with van der Waals surface area (Å²) in [6, 6.07) is 8.58. The van der Waals surface area contributed by atoms with Crippen LogP contribution in [0.1, 0.15) is 35.5 Å². The van der Waals surface area contributed by atoms with Gasteiger partial charge < -0.3 is 19.2 Å². The fourth-order valence-corrected chi connectivity index (χ4v) is 4.94. The van der Waals surface area contributed by atoms with Gasteiger partial charge in [-0.05, 0) is 49.5 Å². The fraction of sp³-hybridized carbons (Fsp3) is 0.269. The van der Waals surface area contributed by atoms with E-state index in [0.717, 1.165) is 23.5 Å². The minimum atomic E-state index is -2.68. The topological polar surface area (TPSA) is 103 Å². The number of anilines is 2. The molecule has 2 heterocycles. The lowest BCUT2D eigenvalue weighted by molar-refractivity contribution is 0.0693. The molecule has 10 heteroatoms. The Bertz CT molecular complexity index is 1320. The summed E-state index contributed by atoms with van der Waals surface area (Å²) in [5.74, 6) is -1.11. The Balaban J connectivity index is 1.86. The molecule has 2 N–H and O–H groups in total. The third kappa shape index (κ3) is 5.06. The number of carboxylic acids is 1. The number of carboxylic acid groups (broad SMARTS) is 1. The van der Waals surface area contributed by atoms with Crippen molar-refractivity contribution in [3.05, 3.63) is 71.4 Å². The van der Waals surface area contributed by atoms with Crippen LogP contribution in [-0.2, 0) is 17.7 Å². The van der Waals surface area contributed by atoms with Crippen molar-refractivity contribution < 1.29 is 32.2 Å². The molecule has 2 aromatic carbocycles. The van der Waals surface area contributed by atoms with Gasteiger partial charge in [0.05, 0.1) is 24.2 Å². The van der Waals surface area contributed by atoms with Crippen molar-refractivity contribution in [1.29, 1.82) is 0 Å². The normalized spacial score (nSPS) is 13.7. The quantitative estimate of drug-likeness (QED) is 0.371. The van der Waals surface area contributed by atoms with E-state index in [4.69, 9.17) is 9.15 Å². The van der Waals surface area contributed by atoms with Crippen molar-refractivity contribution >= 4 is 34.7 Å². The van der Waals surface area contributed by atoms with E-state index in [2.05, 4.69) is 4.90 Å². The Morgan fingerprint density at radius 3 is 2.58 bits per heavy atom. The molecule has 8 nitrogen and oxygen atoms in total. The number of ether oxygens (including phenoxy) is 1. The van der Waals surface area contributed by atoms with Crippen molar-refractivity contribution in [2.45, 2.75) is 20.3 Å². The molecule has 0 amide bonds. The largest absolute Gasteiger partial charge is 0.491 e. The number of fused-ring (bicyclic) bond motifs is 3. The lowest BCUT2D eigenvalue weighted by atomic mass is 9.99. The van der Waals surface area contributed by atoms with Gasteiger partial charge in [-0.1, -0.05) is 26.0 Å². The highest BCUT2D eigenvalue weighted by Crippen LogP contribution is 2.44. The Morgan fingerprint density at radius 2 is 1.89 bits per heavy atom. The first kappa shape index (κ1) is 25.6. The number of rotatable bonds is 9. The van der Waals surface area contributed by atoms with E-state index in [1.165, 1.54) is 24.5 Å². The van der Waals surface area contributed by atoms with Crippen LogP contribution in [0.25, 0.3) is 17.2 Å². The Kier molecular flexibility index (Phi) is 7.88. The monoisotopic (exact) mass is 514 g/mol. The molecule has 0 saturated carbocycles. The summed E-state index contributed by atoms with van der Waals surface area (Å²) in [5, 5.41) is 10.2. The first-order chi connectivity index (χ1) is 17.3. The molecule has 1 atom stereocenters. The number of furan rings is 1. The molecule has 0 aliphatic carbocycles. The Labute approximate surface area is 211 Å². The highest BCUT2D eigenvalue weighted by Gasteiger charge is 2.31. The van der Waals surface area contributed by atoms with Crippen LogP contribution in [0.2, 0.25) is 0 Å². The lowest BCUT2D eigenvalue weighted by Crippen LogP contribution is -2.24. The van der Waals surface area contributed by atoms with Gasteiger partial charge in [-0.25, -0.2) is 17.7 Å². The van der Waals surface area contributed by atoms with Gasteiger partial charge in [0.25, 0.3) is 11.3 Å². The molecule has 36 heavy (non-hydrogen) atoms. The molecule has 0 spiro atoms. The molecule has 190 valence electrons. The van der Waals surface area contributed by atoms with Crippen LogP contribution in [-0.4, -0.2) is 51.0 Å². The number of hydrogen-bond acceptors (Lipinski definition) is 5. The van der Waals surface area contributed by atoms with Crippen LogP contribution in [0, 0.1) is 5.82 Å². The predicted molar refractivity (Wildman–Crippen MR) is 136 cm³/mol. The van der Waals surface area contributed by atoms with E-state index in [1.54, 1.807) is 18.2 Å². The zero-order valence-electron chi connectivity index (χ0n) is 19.9. The first-order valence-corrected chi connectivity index (χ1v) is 12.6. The number of hydrogen-bond donors (Lipinski definition) is 2. The van der Waals surface area contributed by atoms with Gasteiger partial charge in [0.1, 0.15) is 22.9 Å². The summed E-state index contributed by atoms with van der Waals surface area (Å²) in [4.78, 5) is 14.6. The summed E-state index contributed by atoms with van der Waals surface area (Å²) in [7, 11) is 0.